The van der Waals surface area contributed by atoms with E-state index in [2.05, 4.69) is 20.8 Å². The lowest BCUT2D eigenvalue weighted by Gasteiger charge is -2.18. The van der Waals surface area contributed by atoms with Gasteiger partial charge in [0.25, 0.3) is 0 Å². The van der Waals surface area contributed by atoms with Gasteiger partial charge in [0.1, 0.15) is 12.7 Å². The van der Waals surface area contributed by atoms with E-state index >= 15 is 0 Å². The van der Waals surface area contributed by atoms with Crippen molar-refractivity contribution in [3.63, 3.8) is 0 Å². The normalized spacial score (nSPS) is 12.1. The van der Waals surface area contributed by atoms with E-state index in [-0.39, 0.29) is 12.1 Å². The minimum Gasteiger partial charge on any atom is -0.463 e. The van der Waals surface area contributed by atoms with Crippen molar-refractivity contribution >= 4 is 5.97 Å². The third-order valence-electron chi connectivity index (χ3n) is 11.7. The fourth-order valence-corrected chi connectivity index (χ4v) is 7.85. The first-order valence-corrected chi connectivity index (χ1v) is 25.6. The lowest BCUT2D eigenvalue weighted by molar-refractivity contribution is -0.150. The molecule has 0 saturated heterocycles. The van der Waals surface area contributed by atoms with Crippen molar-refractivity contribution in [3.8, 4) is 0 Å². The number of unbranched alkanes of at least 4 members (excludes halogenated alkanes) is 38. The van der Waals surface area contributed by atoms with Crippen molar-refractivity contribution in [3.05, 3.63) is 0 Å². The Balaban J connectivity index is 4.06. The summed E-state index contributed by atoms with van der Waals surface area (Å²) in [5.74, 6) is -0.0693. The Labute approximate surface area is 346 Å². The molecule has 0 aromatic rings. The fraction of sp³-hybridized carbons (Fsp3) is 0.980. The van der Waals surface area contributed by atoms with Crippen LogP contribution in [0.2, 0.25) is 0 Å². The minimum atomic E-state index is -0.149. The van der Waals surface area contributed by atoms with E-state index in [0.717, 1.165) is 38.9 Å². The highest BCUT2D eigenvalue weighted by Gasteiger charge is 2.13. The predicted molar refractivity (Wildman–Crippen MR) is 242 cm³/mol. The molecule has 1 unspecified atom stereocenters. The van der Waals surface area contributed by atoms with Gasteiger partial charge in [0.2, 0.25) is 0 Å². The molecule has 0 saturated carbocycles. The molecular formula is C51H102O4. The van der Waals surface area contributed by atoms with Crippen molar-refractivity contribution in [1.82, 2.24) is 0 Å². The van der Waals surface area contributed by atoms with Crippen LogP contribution in [0.15, 0.2) is 0 Å². The average Bonchev–Trinajstić information content (AvgIpc) is 3.19. The van der Waals surface area contributed by atoms with Gasteiger partial charge in [-0.3, -0.25) is 4.79 Å². The highest BCUT2D eigenvalue weighted by atomic mass is 16.6. The number of hydrogen-bond donors (Lipinski definition) is 0. The zero-order valence-corrected chi connectivity index (χ0v) is 38.2. The highest BCUT2D eigenvalue weighted by Crippen LogP contribution is 2.16. The van der Waals surface area contributed by atoms with Crippen LogP contribution in [0.3, 0.4) is 0 Å². The van der Waals surface area contributed by atoms with E-state index in [0.29, 0.717) is 19.6 Å². The number of carbonyl (C=O) groups excluding carboxylic acids is 1. The van der Waals surface area contributed by atoms with Crippen LogP contribution in [0.4, 0.5) is 0 Å². The third-order valence-corrected chi connectivity index (χ3v) is 11.7. The van der Waals surface area contributed by atoms with Gasteiger partial charge in [0.05, 0.1) is 6.61 Å². The van der Waals surface area contributed by atoms with E-state index in [1.807, 2.05) is 0 Å². The second-order valence-electron chi connectivity index (χ2n) is 17.4. The number of carbonyl (C=O) groups is 1. The SMILES string of the molecule is CCCCCCCCCCCCCCCCOCC(COC(=O)CCCCCCCCCCCCCCC)OCCCCCCCCCCCCCCCC. The average molecular weight is 779 g/mol. The summed E-state index contributed by atoms with van der Waals surface area (Å²) in [5.41, 5.74) is 0. The molecule has 0 aromatic carbocycles. The maximum absolute atomic E-state index is 12.6. The first-order valence-electron chi connectivity index (χ1n) is 25.6. The van der Waals surface area contributed by atoms with Crippen LogP contribution in [-0.4, -0.2) is 38.5 Å². The van der Waals surface area contributed by atoms with Crippen molar-refractivity contribution in [2.45, 2.75) is 297 Å². The molecule has 0 spiro atoms. The summed E-state index contributed by atoms with van der Waals surface area (Å²) in [5, 5.41) is 0. The van der Waals surface area contributed by atoms with E-state index < -0.39 is 0 Å². The molecule has 1 atom stereocenters. The van der Waals surface area contributed by atoms with Crippen LogP contribution < -0.4 is 0 Å². The van der Waals surface area contributed by atoms with Gasteiger partial charge in [-0.25, -0.2) is 0 Å². The molecule has 0 aliphatic rings. The first kappa shape index (κ1) is 54.4. The number of ether oxygens (including phenoxy) is 3. The summed E-state index contributed by atoms with van der Waals surface area (Å²) in [6.07, 6.45) is 55.7. The Morgan fingerprint density at radius 2 is 0.600 bits per heavy atom. The molecule has 0 amide bonds. The predicted octanol–water partition coefficient (Wildman–Crippen LogP) is 17.4. The molecule has 0 fully saturated rings. The summed E-state index contributed by atoms with van der Waals surface area (Å²) in [6.45, 7) is 9.25. The molecule has 0 bridgehead atoms. The molecular weight excluding hydrogens is 677 g/mol. The summed E-state index contributed by atoms with van der Waals surface area (Å²) >= 11 is 0. The molecule has 0 N–H and O–H groups in total. The zero-order valence-electron chi connectivity index (χ0n) is 38.2. The Bertz CT molecular complexity index is 696. The van der Waals surface area contributed by atoms with Gasteiger partial charge in [0, 0.05) is 19.6 Å². The van der Waals surface area contributed by atoms with Crippen LogP contribution >= 0.6 is 0 Å². The molecule has 4 heteroatoms. The molecule has 0 heterocycles. The van der Waals surface area contributed by atoms with E-state index in [1.165, 1.54) is 238 Å². The molecule has 0 aromatic heterocycles. The van der Waals surface area contributed by atoms with E-state index in [4.69, 9.17) is 14.2 Å². The van der Waals surface area contributed by atoms with Gasteiger partial charge in [-0.1, -0.05) is 265 Å². The van der Waals surface area contributed by atoms with Gasteiger partial charge in [-0.05, 0) is 19.3 Å². The molecule has 4 nitrogen and oxygen atoms in total. The van der Waals surface area contributed by atoms with Crippen molar-refractivity contribution in [2.75, 3.05) is 26.4 Å². The van der Waals surface area contributed by atoms with E-state index in [9.17, 15) is 4.79 Å². The Hall–Kier alpha value is -0.610. The van der Waals surface area contributed by atoms with E-state index in [1.54, 1.807) is 0 Å². The standard InChI is InChI=1S/C51H102O4/c1-4-7-10-13-16-19-22-25-28-31-34-37-40-43-46-53-48-50(54-47-44-41-38-35-32-29-26-23-20-17-14-11-8-5-2)49-55-51(52)45-42-39-36-33-30-27-24-21-18-15-12-9-6-3/h50H,4-49H2,1-3H3. The minimum absolute atomic E-state index is 0.0693. The van der Waals surface area contributed by atoms with Crippen LogP contribution in [0.1, 0.15) is 290 Å². The molecule has 0 aliphatic heterocycles. The summed E-state index contributed by atoms with van der Waals surface area (Å²) < 4.78 is 18.0. The van der Waals surface area contributed by atoms with Gasteiger partial charge in [-0.2, -0.15) is 0 Å². The molecule has 0 radical (unpaired) electrons. The van der Waals surface area contributed by atoms with Crippen molar-refractivity contribution < 1.29 is 19.0 Å². The zero-order chi connectivity index (χ0) is 39.8. The summed E-state index contributed by atoms with van der Waals surface area (Å²) in [6, 6.07) is 0. The molecule has 0 rings (SSSR count). The van der Waals surface area contributed by atoms with Crippen LogP contribution in [0.5, 0.6) is 0 Å². The van der Waals surface area contributed by atoms with Crippen molar-refractivity contribution in [2.24, 2.45) is 0 Å². The first-order chi connectivity index (χ1) is 27.2. The Morgan fingerprint density at radius 3 is 0.927 bits per heavy atom. The fourth-order valence-electron chi connectivity index (χ4n) is 7.85. The maximum atomic E-state index is 12.6. The van der Waals surface area contributed by atoms with Gasteiger partial charge in [0.15, 0.2) is 0 Å². The topological polar surface area (TPSA) is 44.8 Å². The number of rotatable bonds is 49. The third kappa shape index (κ3) is 47.7. The summed E-state index contributed by atoms with van der Waals surface area (Å²) in [4.78, 5) is 12.6. The smallest absolute Gasteiger partial charge is 0.305 e. The highest BCUT2D eigenvalue weighted by molar-refractivity contribution is 5.69. The Morgan fingerprint density at radius 1 is 0.327 bits per heavy atom. The lowest BCUT2D eigenvalue weighted by atomic mass is 10.0. The molecule has 55 heavy (non-hydrogen) atoms. The van der Waals surface area contributed by atoms with Gasteiger partial charge < -0.3 is 14.2 Å². The second-order valence-corrected chi connectivity index (χ2v) is 17.4. The van der Waals surface area contributed by atoms with Crippen LogP contribution in [0, 0.1) is 0 Å². The Kier molecular flexibility index (Phi) is 49.0. The largest absolute Gasteiger partial charge is 0.463 e. The monoisotopic (exact) mass is 779 g/mol. The molecule has 330 valence electrons. The number of hydrogen-bond acceptors (Lipinski definition) is 4. The van der Waals surface area contributed by atoms with Crippen LogP contribution in [0.25, 0.3) is 0 Å². The van der Waals surface area contributed by atoms with Gasteiger partial charge >= 0.3 is 5.97 Å². The quantitative estimate of drug-likeness (QED) is 0.0456. The van der Waals surface area contributed by atoms with Gasteiger partial charge in [-0.15, -0.1) is 0 Å². The maximum Gasteiger partial charge on any atom is 0.305 e. The van der Waals surface area contributed by atoms with Crippen LogP contribution in [-0.2, 0) is 19.0 Å². The second kappa shape index (κ2) is 49.5. The summed E-state index contributed by atoms with van der Waals surface area (Å²) in [7, 11) is 0. The van der Waals surface area contributed by atoms with Crippen molar-refractivity contribution in [1.29, 1.82) is 0 Å². The lowest BCUT2D eigenvalue weighted by Crippen LogP contribution is -2.28. The molecule has 0 aliphatic carbocycles. The number of esters is 1.